The highest BCUT2D eigenvalue weighted by Gasteiger charge is 2.28. The Morgan fingerprint density at radius 3 is 2.70 bits per heavy atom. The second kappa shape index (κ2) is 6.33. The minimum atomic E-state index is -0.395. The largest absolute Gasteiger partial charge is 0.490 e. The first-order valence-electron chi connectivity index (χ1n) is 7.50. The van der Waals surface area contributed by atoms with Crippen LogP contribution in [0.25, 0.3) is 0 Å². The van der Waals surface area contributed by atoms with Gasteiger partial charge in [0, 0.05) is 18.7 Å². The average molecular weight is 280 g/mol. The predicted octanol–water partition coefficient (Wildman–Crippen LogP) is 4.19. The smallest absolute Gasteiger partial charge is 0.167 e. The van der Waals surface area contributed by atoms with Crippen molar-refractivity contribution in [3.63, 3.8) is 0 Å². The monoisotopic (exact) mass is 280 g/mol. The Balaban J connectivity index is 2.06. The van der Waals surface area contributed by atoms with Gasteiger partial charge in [-0.3, -0.25) is 0 Å². The van der Waals surface area contributed by atoms with Gasteiger partial charge in [0.25, 0.3) is 0 Å². The number of halogens is 1. The van der Waals surface area contributed by atoms with Crippen molar-refractivity contribution >= 4 is 11.4 Å². The Kier molecular flexibility index (Phi) is 4.73. The Bertz CT molecular complexity index is 456. The molecule has 0 aromatic heterocycles. The van der Waals surface area contributed by atoms with Crippen LogP contribution in [-0.2, 0) is 0 Å². The van der Waals surface area contributed by atoms with E-state index in [9.17, 15) is 4.39 Å². The van der Waals surface area contributed by atoms with Gasteiger partial charge in [-0.25, -0.2) is 4.39 Å². The normalized spacial score (nSPS) is 17.1. The molecule has 112 valence electrons. The fourth-order valence-electron chi connectivity index (χ4n) is 2.76. The Hall–Kier alpha value is -1.45. The highest BCUT2D eigenvalue weighted by Crippen LogP contribution is 2.38. The van der Waals surface area contributed by atoms with Crippen molar-refractivity contribution in [1.29, 1.82) is 0 Å². The topological polar surface area (TPSA) is 47.3 Å². The number of hydrogen-bond acceptors (Lipinski definition) is 3. The first-order chi connectivity index (χ1) is 9.54. The van der Waals surface area contributed by atoms with Crippen LogP contribution in [0.4, 0.5) is 15.8 Å². The van der Waals surface area contributed by atoms with Crippen LogP contribution < -0.4 is 15.8 Å². The summed E-state index contributed by atoms with van der Waals surface area (Å²) in [6.45, 7) is 5.67. The third-order valence-electron chi connectivity index (χ3n) is 4.08. The molecule has 1 aromatic rings. The standard InChI is InChI=1S/C16H25FN2O/c1-3-8-20-15-10-14(13(18)9-12(15)17)19-11-16(2)6-4-5-7-16/h9-10,19H,3-8,11,18H2,1-2H3. The van der Waals surface area contributed by atoms with Gasteiger partial charge in [0.15, 0.2) is 11.6 Å². The van der Waals surface area contributed by atoms with Crippen molar-refractivity contribution in [2.45, 2.75) is 46.0 Å². The second-order valence-electron chi connectivity index (χ2n) is 6.09. The second-order valence-corrected chi connectivity index (χ2v) is 6.09. The third kappa shape index (κ3) is 3.56. The summed E-state index contributed by atoms with van der Waals surface area (Å²) in [6.07, 6.45) is 5.91. The van der Waals surface area contributed by atoms with E-state index in [-0.39, 0.29) is 5.75 Å². The number of benzene rings is 1. The highest BCUT2D eigenvalue weighted by atomic mass is 19.1. The zero-order valence-electron chi connectivity index (χ0n) is 12.5. The van der Waals surface area contributed by atoms with Crippen molar-refractivity contribution in [2.75, 3.05) is 24.2 Å². The van der Waals surface area contributed by atoms with E-state index >= 15 is 0 Å². The molecular formula is C16H25FN2O. The van der Waals surface area contributed by atoms with Gasteiger partial charge in [0.2, 0.25) is 0 Å². The fourth-order valence-corrected chi connectivity index (χ4v) is 2.76. The summed E-state index contributed by atoms with van der Waals surface area (Å²) >= 11 is 0. The number of hydrogen-bond donors (Lipinski definition) is 2. The molecule has 1 saturated carbocycles. The van der Waals surface area contributed by atoms with Gasteiger partial charge in [-0.05, 0) is 24.7 Å². The Morgan fingerprint density at radius 1 is 1.35 bits per heavy atom. The van der Waals surface area contributed by atoms with Crippen LogP contribution in [0.15, 0.2) is 12.1 Å². The molecular weight excluding hydrogens is 255 g/mol. The van der Waals surface area contributed by atoms with Crippen molar-refractivity contribution in [3.05, 3.63) is 17.9 Å². The van der Waals surface area contributed by atoms with Gasteiger partial charge in [0.1, 0.15) is 0 Å². The summed E-state index contributed by atoms with van der Waals surface area (Å²) < 4.78 is 19.1. The number of nitrogens with one attached hydrogen (secondary N) is 1. The predicted molar refractivity (Wildman–Crippen MR) is 81.7 cm³/mol. The summed E-state index contributed by atoms with van der Waals surface area (Å²) in [4.78, 5) is 0. The van der Waals surface area contributed by atoms with E-state index < -0.39 is 5.82 Å². The van der Waals surface area contributed by atoms with Crippen LogP contribution in [-0.4, -0.2) is 13.2 Å². The maximum atomic E-state index is 13.7. The molecule has 2 rings (SSSR count). The van der Waals surface area contributed by atoms with Gasteiger partial charge in [0.05, 0.1) is 18.0 Å². The lowest BCUT2D eigenvalue weighted by atomic mass is 9.89. The van der Waals surface area contributed by atoms with Crippen molar-refractivity contribution in [3.8, 4) is 5.75 Å². The summed E-state index contributed by atoms with van der Waals surface area (Å²) in [7, 11) is 0. The molecule has 1 aliphatic carbocycles. The average Bonchev–Trinajstić information content (AvgIpc) is 2.84. The van der Waals surface area contributed by atoms with Crippen LogP contribution in [0, 0.1) is 11.2 Å². The fraction of sp³-hybridized carbons (Fsp3) is 0.625. The van der Waals surface area contributed by atoms with Crippen molar-refractivity contribution in [1.82, 2.24) is 0 Å². The van der Waals surface area contributed by atoms with Crippen LogP contribution in [0.1, 0.15) is 46.0 Å². The number of nitrogens with two attached hydrogens (primary N) is 1. The Morgan fingerprint density at radius 2 is 2.05 bits per heavy atom. The van der Waals surface area contributed by atoms with E-state index in [4.69, 9.17) is 10.5 Å². The molecule has 0 aliphatic heterocycles. The van der Waals surface area contributed by atoms with Crippen molar-refractivity contribution in [2.24, 2.45) is 5.41 Å². The summed E-state index contributed by atoms with van der Waals surface area (Å²) in [5, 5.41) is 3.37. The van der Waals surface area contributed by atoms with Gasteiger partial charge in [-0.2, -0.15) is 0 Å². The van der Waals surface area contributed by atoms with E-state index in [1.165, 1.54) is 31.7 Å². The lowest BCUT2D eigenvalue weighted by Crippen LogP contribution is -2.23. The molecule has 3 nitrogen and oxygen atoms in total. The summed E-state index contributed by atoms with van der Waals surface area (Å²) in [5.41, 5.74) is 7.42. The molecule has 0 spiro atoms. The molecule has 0 atom stereocenters. The first-order valence-corrected chi connectivity index (χ1v) is 7.50. The van der Waals surface area contributed by atoms with Gasteiger partial charge in [-0.1, -0.05) is 26.7 Å². The number of nitrogen functional groups attached to an aromatic ring is 1. The van der Waals surface area contributed by atoms with E-state index in [0.29, 0.717) is 17.7 Å². The lowest BCUT2D eigenvalue weighted by Gasteiger charge is -2.25. The minimum absolute atomic E-state index is 0.278. The van der Waals surface area contributed by atoms with Gasteiger partial charge < -0.3 is 15.8 Å². The van der Waals surface area contributed by atoms with E-state index in [1.807, 2.05) is 6.92 Å². The molecule has 20 heavy (non-hydrogen) atoms. The molecule has 0 unspecified atom stereocenters. The number of ether oxygens (including phenoxy) is 1. The molecule has 1 aromatic carbocycles. The van der Waals surface area contributed by atoms with Crippen LogP contribution in [0.2, 0.25) is 0 Å². The maximum absolute atomic E-state index is 13.7. The molecule has 0 radical (unpaired) electrons. The van der Waals surface area contributed by atoms with Crippen LogP contribution in [0.3, 0.4) is 0 Å². The molecule has 0 amide bonds. The SMILES string of the molecule is CCCOc1cc(NCC2(C)CCCC2)c(N)cc1F. The van der Waals surface area contributed by atoms with Crippen molar-refractivity contribution < 1.29 is 9.13 Å². The minimum Gasteiger partial charge on any atom is -0.490 e. The summed E-state index contributed by atoms with van der Waals surface area (Å²) in [5.74, 6) is -0.117. The van der Waals surface area contributed by atoms with Gasteiger partial charge >= 0.3 is 0 Å². The molecule has 4 heteroatoms. The van der Waals surface area contributed by atoms with Crippen LogP contribution in [0.5, 0.6) is 5.75 Å². The maximum Gasteiger partial charge on any atom is 0.167 e. The quantitative estimate of drug-likeness (QED) is 0.768. The number of anilines is 2. The Labute approximate surface area is 120 Å². The molecule has 0 heterocycles. The van der Waals surface area contributed by atoms with E-state index in [0.717, 1.165) is 18.7 Å². The van der Waals surface area contributed by atoms with E-state index in [1.54, 1.807) is 6.07 Å². The van der Waals surface area contributed by atoms with Crippen LogP contribution >= 0.6 is 0 Å². The summed E-state index contributed by atoms with van der Waals surface area (Å²) in [6, 6.07) is 3.02. The molecule has 0 saturated heterocycles. The van der Waals surface area contributed by atoms with Gasteiger partial charge in [-0.15, -0.1) is 0 Å². The third-order valence-corrected chi connectivity index (χ3v) is 4.08. The molecule has 0 bridgehead atoms. The zero-order valence-corrected chi connectivity index (χ0v) is 12.5. The first kappa shape index (κ1) is 14.9. The molecule has 3 N–H and O–H groups in total. The lowest BCUT2D eigenvalue weighted by molar-refractivity contribution is 0.301. The highest BCUT2D eigenvalue weighted by molar-refractivity contribution is 5.68. The number of rotatable bonds is 6. The zero-order chi connectivity index (χ0) is 14.6. The molecule has 1 aliphatic rings. The molecule has 1 fully saturated rings. The van der Waals surface area contributed by atoms with E-state index in [2.05, 4.69) is 12.2 Å².